The van der Waals surface area contributed by atoms with Gasteiger partial charge in [0.1, 0.15) is 23.4 Å². The lowest BCUT2D eigenvalue weighted by atomic mass is 10.1. The van der Waals surface area contributed by atoms with Crippen LogP contribution in [0.2, 0.25) is 5.15 Å². The van der Waals surface area contributed by atoms with Gasteiger partial charge in [0.15, 0.2) is 11.0 Å². The minimum absolute atomic E-state index is 0.0857. The molecule has 24 heavy (non-hydrogen) atoms. The highest BCUT2D eigenvalue weighted by Gasteiger charge is 2.30. The molecule has 136 valence electrons. The largest absolute Gasteiger partial charge is 0.456 e. The van der Waals surface area contributed by atoms with Crippen molar-refractivity contribution in [2.45, 2.75) is 45.1 Å². The fourth-order valence-electron chi connectivity index (χ4n) is 1.74. The molecule has 0 aromatic carbocycles. The van der Waals surface area contributed by atoms with Crippen LogP contribution in [-0.4, -0.2) is 59.2 Å². The van der Waals surface area contributed by atoms with E-state index in [9.17, 15) is 18.0 Å². The Bertz CT molecular complexity index is 584. The predicted molar refractivity (Wildman–Crippen MR) is 82.4 cm³/mol. The lowest BCUT2D eigenvalue weighted by Gasteiger charge is -2.25. The summed E-state index contributed by atoms with van der Waals surface area (Å²) in [6.45, 7) is 4.33. The van der Waals surface area contributed by atoms with Crippen molar-refractivity contribution in [1.82, 2.24) is 10.2 Å². The minimum atomic E-state index is -3.23. The molecule has 0 aliphatic heterocycles. The number of nitrogens with zero attached hydrogens (tertiary/aromatic N) is 3. The van der Waals surface area contributed by atoms with Gasteiger partial charge in [0.05, 0.1) is 6.54 Å². The molecule has 0 spiro atoms. The fraction of sp³-hybridized carbons (Fsp3) is 0.643. The van der Waals surface area contributed by atoms with Crippen LogP contribution in [0.15, 0.2) is 6.07 Å². The molecule has 0 amide bonds. The van der Waals surface area contributed by atoms with Gasteiger partial charge in [0.25, 0.3) is 6.43 Å². The van der Waals surface area contributed by atoms with Crippen molar-refractivity contribution in [1.29, 1.82) is 0 Å². The van der Waals surface area contributed by atoms with Crippen molar-refractivity contribution >= 4 is 23.4 Å². The molecule has 0 radical (unpaired) electrons. The molecule has 1 heterocycles. The van der Waals surface area contributed by atoms with Gasteiger partial charge in [-0.15, -0.1) is 10.2 Å². The third-order valence-electron chi connectivity index (χ3n) is 2.80. The topological polar surface area (TPSA) is 75.5 Å². The van der Waals surface area contributed by atoms with Crippen molar-refractivity contribution in [2.24, 2.45) is 0 Å². The maximum atomic E-state index is 13.7. The predicted octanol–water partition coefficient (Wildman–Crippen LogP) is 2.49. The summed E-state index contributed by atoms with van der Waals surface area (Å²) in [6.07, 6.45) is -7.92. The van der Waals surface area contributed by atoms with Crippen molar-refractivity contribution in [3.8, 4) is 0 Å². The highest BCUT2D eigenvalue weighted by atomic mass is 35.5. The number of carbonyl (C=O) groups excluding carboxylic acids is 1. The van der Waals surface area contributed by atoms with E-state index in [0.717, 1.165) is 4.90 Å². The number of aliphatic hydroxyl groups excluding tert-OH is 1. The van der Waals surface area contributed by atoms with Gasteiger partial charge in [-0.05, 0) is 26.8 Å². The average molecular weight is 370 g/mol. The molecule has 10 heteroatoms. The molecule has 0 bridgehead atoms. The van der Waals surface area contributed by atoms with Crippen LogP contribution < -0.4 is 4.90 Å². The minimum Gasteiger partial charge on any atom is -0.456 e. The summed E-state index contributed by atoms with van der Waals surface area (Å²) >= 11 is 5.72. The number of aromatic nitrogens is 2. The summed E-state index contributed by atoms with van der Waals surface area (Å²) in [5.41, 5.74) is -0.886. The van der Waals surface area contributed by atoms with Crippen molar-refractivity contribution in [3.63, 3.8) is 0 Å². The first-order valence-corrected chi connectivity index (χ1v) is 7.38. The standard InChI is InChI=1S/C14H19ClF3N3O3/c1-14(2,3)24-13(23)7-5-9(15)19-20-12(7)21(4)6-8(16)10(22)11(17)18/h5,8,10-11,22H,6H2,1-4H3. The van der Waals surface area contributed by atoms with Gasteiger partial charge >= 0.3 is 5.97 Å². The number of alkyl halides is 3. The van der Waals surface area contributed by atoms with Gasteiger partial charge in [0, 0.05) is 7.05 Å². The molecule has 0 saturated carbocycles. The molecule has 0 aliphatic rings. The van der Waals surface area contributed by atoms with Crippen molar-refractivity contribution in [2.75, 3.05) is 18.5 Å². The molecule has 2 unspecified atom stereocenters. The highest BCUT2D eigenvalue weighted by Crippen LogP contribution is 2.23. The van der Waals surface area contributed by atoms with Crippen LogP contribution in [0.5, 0.6) is 0 Å². The first-order chi connectivity index (χ1) is 10.9. The van der Waals surface area contributed by atoms with Crippen LogP contribution in [-0.2, 0) is 4.74 Å². The quantitative estimate of drug-likeness (QED) is 0.776. The monoisotopic (exact) mass is 369 g/mol. The number of aliphatic hydroxyl groups is 1. The Morgan fingerprint density at radius 3 is 2.46 bits per heavy atom. The number of esters is 1. The summed E-state index contributed by atoms with van der Waals surface area (Å²) in [7, 11) is 1.32. The number of anilines is 1. The average Bonchev–Trinajstić information content (AvgIpc) is 2.44. The molecular formula is C14H19ClF3N3O3. The Hall–Kier alpha value is -1.61. The second-order valence-corrected chi connectivity index (χ2v) is 6.52. The molecule has 0 aliphatic carbocycles. The Kier molecular flexibility index (Phi) is 6.79. The summed E-state index contributed by atoms with van der Waals surface area (Å²) in [5, 5.41) is 16.2. The van der Waals surface area contributed by atoms with E-state index in [1.54, 1.807) is 20.8 Å². The summed E-state index contributed by atoms with van der Waals surface area (Å²) < 4.78 is 43.6. The molecule has 0 saturated heterocycles. The number of ether oxygens (including phenoxy) is 1. The second kappa shape index (κ2) is 7.98. The van der Waals surface area contributed by atoms with E-state index in [4.69, 9.17) is 21.4 Å². The van der Waals surface area contributed by atoms with Crippen molar-refractivity contribution < 1.29 is 27.8 Å². The van der Waals surface area contributed by atoms with E-state index in [-0.39, 0.29) is 16.5 Å². The zero-order chi connectivity index (χ0) is 18.7. The van der Waals surface area contributed by atoms with Gasteiger partial charge < -0.3 is 14.7 Å². The van der Waals surface area contributed by atoms with Gasteiger partial charge in [0.2, 0.25) is 0 Å². The van der Waals surface area contributed by atoms with Crippen LogP contribution in [0.1, 0.15) is 31.1 Å². The number of hydrogen-bond donors (Lipinski definition) is 1. The number of halogens is 4. The first-order valence-electron chi connectivity index (χ1n) is 7.00. The Labute approximate surface area is 142 Å². The SMILES string of the molecule is CN(CC(F)C(O)C(F)F)c1nnc(Cl)cc1C(=O)OC(C)(C)C. The van der Waals surface area contributed by atoms with E-state index < -0.39 is 36.8 Å². The van der Waals surface area contributed by atoms with Crippen LogP contribution in [0.4, 0.5) is 19.0 Å². The molecule has 2 atom stereocenters. The molecule has 6 nitrogen and oxygen atoms in total. The lowest BCUT2D eigenvalue weighted by Crippen LogP contribution is -2.39. The van der Waals surface area contributed by atoms with Crippen LogP contribution in [0.25, 0.3) is 0 Å². The zero-order valence-corrected chi connectivity index (χ0v) is 14.4. The van der Waals surface area contributed by atoms with Gasteiger partial charge in [-0.3, -0.25) is 0 Å². The summed E-state index contributed by atoms with van der Waals surface area (Å²) in [5.74, 6) is -0.872. The molecule has 1 rings (SSSR count). The second-order valence-electron chi connectivity index (χ2n) is 6.13. The Morgan fingerprint density at radius 1 is 1.38 bits per heavy atom. The highest BCUT2D eigenvalue weighted by molar-refractivity contribution is 6.29. The van der Waals surface area contributed by atoms with E-state index in [2.05, 4.69) is 10.2 Å². The van der Waals surface area contributed by atoms with Gasteiger partial charge in [-0.1, -0.05) is 11.6 Å². The van der Waals surface area contributed by atoms with E-state index in [1.807, 2.05) is 0 Å². The summed E-state index contributed by atoms with van der Waals surface area (Å²) in [4.78, 5) is 13.3. The third kappa shape index (κ3) is 5.79. The maximum Gasteiger partial charge on any atom is 0.342 e. The van der Waals surface area contributed by atoms with E-state index in [0.29, 0.717) is 0 Å². The molecule has 0 fully saturated rings. The molecule has 1 aromatic rings. The number of hydrogen-bond acceptors (Lipinski definition) is 6. The van der Waals surface area contributed by atoms with Gasteiger partial charge in [-0.25, -0.2) is 18.0 Å². The fourth-order valence-corrected chi connectivity index (χ4v) is 1.89. The zero-order valence-electron chi connectivity index (χ0n) is 13.6. The third-order valence-corrected chi connectivity index (χ3v) is 2.99. The molecule has 1 aromatic heterocycles. The molecule has 1 N–H and O–H groups in total. The van der Waals surface area contributed by atoms with E-state index in [1.165, 1.54) is 13.1 Å². The van der Waals surface area contributed by atoms with Crippen molar-refractivity contribution in [3.05, 3.63) is 16.8 Å². The lowest BCUT2D eigenvalue weighted by molar-refractivity contribution is -0.0459. The number of carbonyl (C=O) groups is 1. The number of rotatable bonds is 6. The molecular weight excluding hydrogens is 351 g/mol. The van der Waals surface area contributed by atoms with Crippen LogP contribution in [0.3, 0.4) is 0 Å². The van der Waals surface area contributed by atoms with E-state index >= 15 is 0 Å². The van der Waals surface area contributed by atoms with Crippen LogP contribution in [0, 0.1) is 0 Å². The Morgan fingerprint density at radius 2 is 1.96 bits per heavy atom. The summed E-state index contributed by atoms with van der Waals surface area (Å²) in [6, 6.07) is 1.19. The van der Waals surface area contributed by atoms with Crippen LogP contribution >= 0.6 is 11.6 Å². The smallest absolute Gasteiger partial charge is 0.342 e. The Balaban J connectivity index is 3.04. The van der Waals surface area contributed by atoms with Gasteiger partial charge in [-0.2, -0.15) is 0 Å². The first kappa shape index (κ1) is 20.4. The maximum absolute atomic E-state index is 13.7. The normalized spacial score (nSPS) is 14.4.